The molecule has 2 heterocycles. The average Bonchev–Trinajstić information content (AvgIpc) is 2.49. The second kappa shape index (κ2) is 2.74. The first-order chi connectivity index (χ1) is 6.25. The first-order valence-electron chi connectivity index (χ1n) is 3.45. The van der Waals surface area contributed by atoms with Crippen LogP contribution in [-0.2, 0) is 0 Å². The quantitative estimate of drug-likeness (QED) is 0.654. The van der Waals surface area contributed by atoms with E-state index in [1.807, 2.05) is 0 Å². The first-order valence-corrected chi connectivity index (χ1v) is 3.45. The van der Waals surface area contributed by atoms with Crippen LogP contribution >= 0.6 is 0 Å². The van der Waals surface area contributed by atoms with Gasteiger partial charge in [0, 0.05) is 12.4 Å². The number of hydrogen-bond acceptors (Lipinski definition) is 4. The zero-order chi connectivity index (χ0) is 9.26. The molecule has 66 valence electrons. The van der Waals surface area contributed by atoms with Crippen LogP contribution in [0.5, 0.6) is 5.75 Å². The third-order valence-corrected chi connectivity index (χ3v) is 1.43. The van der Waals surface area contributed by atoms with Crippen LogP contribution in [0.25, 0.3) is 5.78 Å². The van der Waals surface area contributed by atoms with Gasteiger partial charge in [-0.2, -0.15) is 0 Å². The van der Waals surface area contributed by atoms with E-state index in [1.165, 1.54) is 12.4 Å². The third-order valence-electron chi connectivity index (χ3n) is 1.43. The number of imidazole rings is 1. The molecule has 13 heavy (non-hydrogen) atoms. The normalized spacial score (nSPS) is 10.2. The van der Waals surface area contributed by atoms with Gasteiger partial charge in [-0.15, -0.1) is 0 Å². The molecule has 0 radical (unpaired) electrons. The topological polar surface area (TPSA) is 76.7 Å². The summed E-state index contributed by atoms with van der Waals surface area (Å²) in [5.41, 5.74) is 0. The predicted molar refractivity (Wildman–Crippen MR) is 41.6 cm³/mol. The summed E-state index contributed by atoms with van der Waals surface area (Å²) in [5.74, 6) is 0.663. The van der Waals surface area contributed by atoms with Crippen molar-refractivity contribution in [1.82, 2.24) is 14.4 Å². The fourth-order valence-electron chi connectivity index (χ4n) is 0.951. The van der Waals surface area contributed by atoms with Gasteiger partial charge in [0.1, 0.15) is 0 Å². The molecule has 0 unspecified atom stereocenters. The molecule has 0 aliphatic carbocycles. The Kier molecular flexibility index (Phi) is 1.59. The Morgan fingerprint density at radius 1 is 1.54 bits per heavy atom. The van der Waals surface area contributed by atoms with E-state index >= 15 is 0 Å². The maximum Gasteiger partial charge on any atom is 0.511 e. The van der Waals surface area contributed by atoms with E-state index in [1.54, 1.807) is 16.8 Å². The molecule has 0 atom stereocenters. The highest BCUT2D eigenvalue weighted by Gasteiger charge is 2.02. The molecule has 0 fully saturated rings. The van der Waals surface area contributed by atoms with Crippen molar-refractivity contribution >= 4 is 11.9 Å². The maximum absolute atomic E-state index is 10.2. The molecule has 0 aliphatic heterocycles. The summed E-state index contributed by atoms with van der Waals surface area (Å²) in [6.45, 7) is 0. The minimum atomic E-state index is -1.36. The molecular formula is C7H5N3O3. The second-order valence-corrected chi connectivity index (χ2v) is 2.29. The minimum absolute atomic E-state index is 0.165. The van der Waals surface area contributed by atoms with Crippen LogP contribution in [-0.4, -0.2) is 25.6 Å². The standard InChI is InChI=1S/C7H5N3O3/c11-7(12)13-5-3-9-6-8-1-2-10(6)4-5/h1-4H,(H,11,12). The van der Waals surface area contributed by atoms with Crippen molar-refractivity contribution < 1.29 is 14.6 Å². The molecule has 2 aromatic rings. The summed E-state index contributed by atoms with van der Waals surface area (Å²) in [6, 6.07) is 0. The molecular weight excluding hydrogens is 174 g/mol. The summed E-state index contributed by atoms with van der Waals surface area (Å²) in [7, 11) is 0. The number of carbonyl (C=O) groups is 1. The van der Waals surface area contributed by atoms with Gasteiger partial charge >= 0.3 is 6.16 Å². The summed E-state index contributed by atoms with van der Waals surface area (Å²) < 4.78 is 5.96. The molecule has 6 heteroatoms. The van der Waals surface area contributed by atoms with Gasteiger partial charge < -0.3 is 9.84 Å². The van der Waals surface area contributed by atoms with E-state index in [4.69, 9.17) is 5.11 Å². The maximum atomic E-state index is 10.2. The molecule has 0 amide bonds. The van der Waals surface area contributed by atoms with Gasteiger partial charge in [-0.3, -0.25) is 4.40 Å². The minimum Gasteiger partial charge on any atom is -0.449 e. The Morgan fingerprint density at radius 3 is 3.15 bits per heavy atom. The zero-order valence-electron chi connectivity index (χ0n) is 6.41. The second-order valence-electron chi connectivity index (χ2n) is 2.29. The fourth-order valence-corrected chi connectivity index (χ4v) is 0.951. The number of aromatic nitrogens is 3. The van der Waals surface area contributed by atoms with Crippen LogP contribution in [0.15, 0.2) is 24.8 Å². The SMILES string of the molecule is O=C(O)Oc1cnc2nccn2c1. The van der Waals surface area contributed by atoms with Crippen LogP contribution in [0.4, 0.5) is 4.79 Å². The Balaban J connectivity index is 2.42. The molecule has 2 rings (SSSR count). The lowest BCUT2D eigenvalue weighted by Gasteiger charge is -1.98. The number of rotatable bonds is 1. The molecule has 0 aliphatic rings. The molecule has 0 saturated carbocycles. The molecule has 1 N–H and O–H groups in total. The van der Waals surface area contributed by atoms with Gasteiger partial charge in [0.05, 0.1) is 12.4 Å². The first kappa shape index (κ1) is 7.53. The lowest BCUT2D eigenvalue weighted by molar-refractivity contribution is 0.144. The highest BCUT2D eigenvalue weighted by molar-refractivity contribution is 5.60. The van der Waals surface area contributed by atoms with Crippen molar-refractivity contribution in [2.75, 3.05) is 0 Å². The zero-order valence-corrected chi connectivity index (χ0v) is 6.41. The van der Waals surface area contributed by atoms with E-state index in [2.05, 4.69) is 14.7 Å². The molecule has 6 nitrogen and oxygen atoms in total. The number of fused-ring (bicyclic) bond motifs is 1. The Hall–Kier alpha value is -2.11. The van der Waals surface area contributed by atoms with Gasteiger partial charge in [-0.05, 0) is 0 Å². The van der Waals surface area contributed by atoms with Crippen LogP contribution in [0.2, 0.25) is 0 Å². The highest BCUT2D eigenvalue weighted by Crippen LogP contribution is 2.08. The van der Waals surface area contributed by atoms with E-state index in [-0.39, 0.29) is 5.75 Å². The largest absolute Gasteiger partial charge is 0.511 e. The van der Waals surface area contributed by atoms with E-state index in [9.17, 15) is 4.79 Å². The summed E-state index contributed by atoms with van der Waals surface area (Å²) >= 11 is 0. The van der Waals surface area contributed by atoms with Crippen molar-refractivity contribution in [2.45, 2.75) is 0 Å². The van der Waals surface area contributed by atoms with Gasteiger partial charge in [0.25, 0.3) is 0 Å². The van der Waals surface area contributed by atoms with E-state index in [0.29, 0.717) is 5.78 Å². The van der Waals surface area contributed by atoms with Crippen molar-refractivity contribution in [3.63, 3.8) is 0 Å². The van der Waals surface area contributed by atoms with E-state index in [0.717, 1.165) is 0 Å². The Labute approximate surface area is 72.4 Å². The van der Waals surface area contributed by atoms with Crippen molar-refractivity contribution in [3.8, 4) is 5.75 Å². The fraction of sp³-hybridized carbons (Fsp3) is 0. The van der Waals surface area contributed by atoms with Crippen molar-refractivity contribution in [1.29, 1.82) is 0 Å². The Bertz CT molecular complexity index is 451. The van der Waals surface area contributed by atoms with Crippen LogP contribution in [0.3, 0.4) is 0 Å². The smallest absolute Gasteiger partial charge is 0.449 e. The molecule has 0 saturated heterocycles. The molecule has 0 aromatic carbocycles. The third kappa shape index (κ3) is 1.41. The predicted octanol–water partition coefficient (Wildman–Crippen LogP) is 0.786. The number of carboxylic acid groups (broad SMARTS) is 1. The van der Waals surface area contributed by atoms with E-state index < -0.39 is 6.16 Å². The average molecular weight is 179 g/mol. The van der Waals surface area contributed by atoms with Gasteiger partial charge in [0.2, 0.25) is 5.78 Å². The van der Waals surface area contributed by atoms with Crippen molar-refractivity contribution in [2.24, 2.45) is 0 Å². The summed E-state index contributed by atoms with van der Waals surface area (Å²) in [4.78, 5) is 17.9. The molecule has 0 bridgehead atoms. The number of hydrogen-bond donors (Lipinski definition) is 1. The van der Waals surface area contributed by atoms with Gasteiger partial charge in [0.15, 0.2) is 5.75 Å². The van der Waals surface area contributed by atoms with Crippen LogP contribution < -0.4 is 4.74 Å². The number of ether oxygens (including phenoxy) is 1. The van der Waals surface area contributed by atoms with Gasteiger partial charge in [-0.1, -0.05) is 0 Å². The van der Waals surface area contributed by atoms with Crippen molar-refractivity contribution in [3.05, 3.63) is 24.8 Å². The van der Waals surface area contributed by atoms with Crippen LogP contribution in [0.1, 0.15) is 0 Å². The Morgan fingerprint density at radius 2 is 2.38 bits per heavy atom. The number of nitrogens with zero attached hydrogens (tertiary/aromatic N) is 3. The molecule has 2 aromatic heterocycles. The highest BCUT2D eigenvalue weighted by atomic mass is 16.7. The summed E-state index contributed by atoms with van der Waals surface area (Å²) in [5, 5.41) is 8.31. The van der Waals surface area contributed by atoms with Gasteiger partial charge in [-0.25, -0.2) is 14.8 Å². The molecule has 0 spiro atoms. The van der Waals surface area contributed by atoms with Crippen LogP contribution in [0, 0.1) is 0 Å². The monoisotopic (exact) mass is 179 g/mol. The summed E-state index contributed by atoms with van der Waals surface area (Å²) in [6.07, 6.45) is 4.64. The lowest BCUT2D eigenvalue weighted by Crippen LogP contribution is -2.04. The lowest BCUT2D eigenvalue weighted by atomic mass is 10.6.